The van der Waals surface area contributed by atoms with Crippen molar-refractivity contribution < 1.29 is 23.5 Å². The van der Waals surface area contributed by atoms with Gasteiger partial charge in [-0.3, -0.25) is 14.6 Å². The molecule has 3 N–H and O–H groups in total. The molecule has 9 heteroatoms. The van der Waals surface area contributed by atoms with Crippen LogP contribution in [-0.2, 0) is 4.84 Å². The van der Waals surface area contributed by atoms with Crippen LogP contribution in [0.15, 0.2) is 30.6 Å². The summed E-state index contributed by atoms with van der Waals surface area (Å²) >= 11 is 0.890. The Morgan fingerprint density at radius 3 is 2.85 bits per heavy atom. The summed E-state index contributed by atoms with van der Waals surface area (Å²) in [6.07, 6.45) is 2.44. The average Bonchev–Trinajstić information content (AvgIpc) is 2.98. The molecule has 1 aromatic carbocycles. The van der Waals surface area contributed by atoms with Gasteiger partial charge in [-0.25, -0.2) is 14.3 Å². The topological polar surface area (TPSA) is 83.5 Å². The number of nitrogens with one attached hydrogen (secondary N) is 2. The summed E-state index contributed by atoms with van der Waals surface area (Å²) in [6, 6.07) is 4.59. The number of aryl methyl sites for hydroxylation is 1. The first kappa shape index (κ1) is 18.2. The predicted octanol–water partition coefficient (Wildman–Crippen LogP) is 3.28. The van der Waals surface area contributed by atoms with E-state index < -0.39 is 17.5 Å². The van der Waals surface area contributed by atoms with Crippen LogP contribution in [0.2, 0.25) is 0 Å². The third-order valence-corrected chi connectivity index (χ3v) is 4.71. The van der Waals surface area contributed by atoms with Crippen molar-refractivity contribution in [2.24, 2.45) is 0 Å². The van der Waals surface area contributed by atoms with E-state index in [9.17, 15) is 13.6 Å². The molecule has 26 heavy (non-hydrogen) atoms. The number of carbonyl (C=O) groups is 1. The maximum atomic E-state index is 14.2. The molecule has 0 aliphatic rings. The molecule has 0 fully saturated rings. The second-order valence-corrected chi connectivity index (χ2v) is 6.44. The van der Waals surface area contributed by atoms with E-state index in [2.05, 4.69) is 15.8 Å². The molecule has 0 aliphatic heterocycles. The quantitative estimate of drug-likeness (QED) is 0.452. The van der Waals surface area contributed by atoms with Gasteiger partial charge < -0.3 is 10.4 Å². The highest BCUT2D eigenvalue weighted by Gasteiger charge is 2.22. The minimum atomic E-state index is -0.644. The molecular weight excluding hydrogens is 364 g/mol. The van der Waals surface area contributed by atoms with E-state index in [1.54, 1.807) is 13.0 Å². The fraction of sp³-hybridized carbons (Fsp3) is 0.176. The zero-order valence-electron chi connectivity index (χ0n) is 13.7. The molecule has 0 saturated heterocycles. The summed E-state index contributed by atoms with van der Waals surface area (Å²) in [5, 5.41) is 11.9. The van der Waals surface area contributed by atoms with Gasteiger partial charge >= 0.3 is 0 Å². The summed E-state index contributed by atoms with van der Waals surface area (Å²) in [4.78, 5) is 21.1. The highest BCUT2D eigenvalue weighted by molar-refractivity contribution is 7.21. The Labute approximate surface area is 151 Å². The largest absolute Gasteiger partial charge is 0.394 e. The normalized spacial score (nSPS) is 10.9. The fourth-order valence-corrected chi connectivity index (χ4v) is 3.35. The highest BCUT2D eigenvalue weighted by atomic mass is 32.1. The molecule has 136 valence electrons. The molecule has 0 spiro atoms. The van der Waals surface area contributed by atoms with Crippen LogP contribution in [0.25, 0.3) is 10.1 Å². The molecule has 0 aliphatic carbocycles. The van der Waals surface area contributed by atoms with Crippen LogP contribution in [0, 0.1) is 18.6 Å². The number of rotatable bonds is 6. The van der Waals surface area contributed by atoms with E-state index >= 15 is 0 Å². The Morgan fingerprint density at radius 1 is 1.31 bits per heavy atom. The summed E-state index contributed by atoms with van der Waals surface area (Å²) < 4.78 is 28.5. The number of carbonyl (C=O) groups excluding carboxylic acids is 1. The van der Waals surface area contributed by atoms with Crippen molar-refractivity contribution in [3.8, 4) is 0 Å². The number of aliphatic hydroxyl groups is 1. The lowest BCUT2D eigenvalue weighted by atomic mass is 10.2. The van der Waals surface area contributed by atoms with E-state index in [1.165, 1.54) is 18.3 Å². The molecule has 0 saturated carbocycles. The molecule has 2 heterocycles. The second-order valence-electron chi connectivity index (χ2n) is 5.42. The Balaban J connectivity index is 2.04. The van der Waals surface area contributed by atoms with Crippen molar-refractivity contribution in [3.63, 3.8) is 0 Å². The van der Waals surface area contributed by atoms with Gasteiger partial charge in [-0.2, -0.15) is 0 Å². The standard InChI is InChI=1S/C17H15F2N3O3S/c1-9-2-3-13(11(18)6-9)21-14-10-7-20-8-12(19)15(10)26-16(14)17(24)22-25-5-4-23/h2-3,6-8,21,23H,4-5H2,1H3,(H,22,24). The first-order valence-corrected chi connectivity index (χ1v) is 8.45. The average molecular weight is 379 g/mol. The van der Waals surface area contributed by atoms with Gasteiger partial charge in [0.2, 0.25) is 0 Å². The molecule has 6 nitrogen and oxygen atoms in total. The van der Waals surface area contributed by atoms with Crippen molar-refractivity contribution in [1.82, 2.24) is 10.5 Å². The van der Waals surface area contributed by atoms with E-state index in [4.69, 9.17) is 9.94 Å². The van der Waals surface area contributed by atoms with Crippen molar-refractivity contribution in [3.05, 3.63) is 52.7 Å². The molecule has 1 amide bonds. The Bertz CT molecular complexity index is 962. The fourth-order valence-electron chi connectivity index (χ4n) is 2.33. The minimum Gasteiger partial charge on any atom is -0.394 e. The molecule has 3 rings (SSSR count). The van der Waals surface area contributed by atoms with Gasteiger partial charge in [0.25, 0.3) is 5.91 Å². The Kier molecular flexibility index (Phi) is 5.40. The molecule has 2 aromatic heterocycles. The third-order valence-electron chi connectivity index (χ3n) is 3.50. The molecule has 0 radical (unpaired) electrons. The van der Waals surface area contributed by atoms with Crippen LogP contribution in [-0.4, -0.2) is 29.2 Å². The molecule has 0 unspecified atom stereocenters. The van der Waals surface area contributed by atoms with Crippen LogP contribution in [0.5, 0.6) is 0 Å². The van der Waals surface area contributed by atoms with E-state index in [1.807, 2.05) is 0 Å². The number of amides is 1. The lowest BCUT2D eigenvalue weighted by Gasteiger charge is -2.10. The Hall–Kier alpha value is -2.62. The number of aliphatic hydroxyl groups excluding tert-OH is 1. The number of pyridine rings is 1. The second kappa shape index (κ2) is 7.73. The predicted molar refractivity (Wildman–Crippen MR) is 94.5 cm³/mol. The smallest absolute Gasteiger partial charge is 0.287 e. The lowest BCUT2D eigenvalue weighted by molar-refractivity contribution is 0.0172. The van der Waals surface area contributed by atoms with E-state index in [0.29, 0.717) is 5.39 Å². The van der Waals surface area contributed by atoms with Crippen LogP contribution < -0.4 is 10.8 Å². The summed E-state index contributed by atoms with van der Waals surface area (Å²) in [5.41, 5.74) is 3.28. The van der Waals surface area contributed by atoms with Gasteiger partial charge in [0, 0.05) is 11.6 Å². The van der Waals surface area contributed by atoms with Crippen LogP contribution >= 0.6 is 11.3 Å². The number of benzene rings is 1. The summed E-state index contributed by atoms with van der Waals surface area (Å²) in [7, 11) is 0. The van der Waals surface area contributed by atoms with Gasteiger partial charge in [-0.1, -0.05) is 6.07 Å². The zero-order valence-corrected chi connectivity index (χ0v) is 14.5. The maximum absolute atomic E-state index is 14.2. The van der Waals surface area contributed by atoms with Crippen LogP contribution in [0.3, 0.4) is 0 Å². The van der Waals surface area contributed by atoms with Crippen molar-refractivity contribution in [1.29, 1.82) is 0 Å². The van der Waals surface area contributed by atoms with E-state index in [0.717, 1.165) is 23.1 Å². The van der Waals surface area contributed by atoms with Crippen LogP contribution in [0.1, 0.15) is 15.2 Å². The number of fused-ring (bicyclic) bond motifs is 1. The number of nitrogens with zero attached hydrogens (tertiary/aromatic N) is 1. The maximum Gasteiger partial charge on any atom is 0.287 e. The van der Waals surface area contributed by atoms with Gasteiger partial charge in [-0.05, 0) is 24.6 Å². The molecule has 0 bridgehead atoms. The minimum absolute atomic E-state index is 0.0953. The SMILES string of the molecule is Cc1ccc(Nc2c(C(=O)NOCCO)sc3c(F)cncc23)c(F)c1. The van der Waals surface area contributed by atoms with Crippen LogP contribution in [0.4, 0.5) is 20.2 Å². The number of hydroxylamine groups is 1. The first-order chi connectivity index (χ1) is 12.5. The lowest BCUT2D eigenvalue weighted by Crippen LogP contribution is -2.24. The third kappa shape index (κ3) is 3.64. The number of aromatic nitrogens is 1. The van der Waals surface area contributed by atoms with Gasteiger partial charge in [-0.15, -0.1) is 11.3 Å². The molecular formula is C17H15F2N3O3S. The van der Waals surface area contributed by atoms with Gasteiger partial charge in [0.15, 0.2) is 5.82 Å². The zero-order chi connectivity index (χ0) is 18.7. The number of halogens is 2. The number of hydrogen-bond acceptors (Lipinski definition) is 6. The van der Waals surface area contributed by atoms with Gasteiger partial charge in [0.05, 0.1) is 35.5 Å². The highest BCUT2D eigenvalue weighted by Crippen LogP contribution is 2.38. The first-order valence-electron chi connectivity index (χ1n) is 7.63. The molecule has 3 aromatic rings. The number of hydrogen-bond donors (Lipinski definition) is 3. The van der Waals surface area contributed by atoms with Crippen molar-refractivity contribution >= 4 is 38.7 Å². The van der Waals surface area contributed by atoms with Crippen molar-refractivity contribution in [2.75, 3.05) is 18.5 Å². The number of anilines is 2. The van der Waals surface area contributed by atoms with Gasteiger partial charge in [0.1, 0.15) is 10.7 Å². The van der Waals surface area contributed by atoms with Crippen molar-refractivity contribution in [2.45, 2.75) is 6.92 Å². The van der Waals surface area contributed by atoms with E-state index in [-0.39, 0.29) is 34.2 Å². The molecule has 0 atom stereocenters. The summed E-state index contributed by atoms with van der Waals surface area (Å²) in [6.45, 7) is 1.39. The Morgan fingerprint density at radius 2 is 2.12 bits per heavy atom. The number of thiophene rings is 1. The monoisotopic (exact) mass is 379 g/mol. The summed E-state index contributed by atoms with van der Waals surface area (Å²) in [5.74, 6) is -1.74.